The molecule has 1 amide bonds. The predicted octanol–water partition coefficient (Wildman–Crippen LogP) is 0.781. The molecule has 1 fully saturated rings. The average Bonchev–Trinajstić information content (AvgIpc) is 2.73. The van der Waals surface area contributed by atoms with Crippen molar-refractivity contribution in [2.24, 2.45) is 4.99 Å². The standard InChI is InChI=1S/C21H36N6O/c1-22-20(28)19-8-6-7-18(17-19)9-11-25-21(23-2)24-10-4-5-12-27-15-13-26(3)14-16-27/h6-8,17H,4-5,9-16H2,1-3H3,(H,22,28)(H2,23,24,25). The SMILES string of the molecule is CN=C(NCCCCN1CCN(C)CC1)NCCc1cccc(C(=O)NC)c1. The Morgan fingerprint density at radius 2 is 1.86 bits per heavy atom. The minimum atomic E-state index is -0.0520. The maximum absolute atomic E-state index is 11.7. The first-order chi connectivity index (χ1) is 13.6. The van der Waals surface area contributed by atoms with Crippen molar-refractivity contribution in [3.63, 3.8) is 0 Å². The normalized spacial score (nSPS) is 16.0. The van der Waals surface area contributed by atoms with Crippen LogP contribution in [-0.4, -0.2) is 88.6 Å². The van der Waals surface area contributed by atoms with E-state index in [9.17, 15) is 4.79 Å². The molecule has 28 heavy (non-hydrogen) atoms. The maximum atomic E-state index is 11.7. The number of piperazine rings is 1. The molecule has 3 N–H and O–H groups in total. The zero-order valence-corrected chi connectivity index (χ0v) is 17.6. The topological polar surface area (TPSA) is 72.0 Å². The fourth-order valence-corrected chi connectivity index (χ4v) is 3.30. The van der Waals surface area contributed by atoms with E-state index in [1.165, 1.54) is 39.1 Å². The fourth-order valence-electron chi connectivity index (χ4n) is 3.30. The average molecular weight is 389 g/mol. The highest BCUT2D eigenvalue weighted by molar-refractivity contribution is 5.94. The van der Waals surface area contributed by atoms with Crippen LogP contribution in [0.15, 0.2) is 29.3 Å². The van der Waals surface area contributed by atoms with E-state index < -0.39 is 0 Å². The van der Waals surface area contributed by atoms with Gasteiger partial charge >= 0.3 is 0 Å². The van der Waals surface area contributed by atoms with Gasteiger partial charge in [0.15, 0.2) is 5.96 Å². The summed E-state index contributed by atoms with van der Waals surface area (Å²) in [6.07, 6.45) is 3.19. The summed E-state index contributed by atoms with van der Waals surface area (Å²) in [4.78, 5) is 21.0. The third-order valence-corrected chi connectivity index (χ3v) is 5.14. The number of amides is 1. The summed E-state index contributed by atoms with van der Waals surface area (Å²) < 4.78 is 0. The summed E-state index contributed by atoms with van der Waals surface area (Å²) in [5, 5.41) is 9.39. The number of nitrogens with one attached hydrogen (secondary N) is 3. The van der Waals surface area contributed by atoms with Crippen LogP contribution in [0.5, 0.6) is 0 Å². The van der Waals surface area contributed by atoms with Gasteiger partial charge in [-0.2, -0.15) is 0 Å². The van der Waals surface area contributed by atoms with Crippen molar-refractivity contribution in [2.45, 2.75) is 19.3 Å². The third-order valence-electron chi connectivity index (χ3n) is 5.14. The van der Waals surface area contributed by atoms with Crippen LogP contribution in [0.3, 0.4) is 0 Å². The van der Waals surface area contributed by atoms with Crippen LogP contribution in [0, 0.1) is 0 Å². The summed E-state index contributed by atoms with van der Waals surface area (Å²) >= 11 is 0. The lowest BCUT2D eigenvalue weighted by molar-refractivity contribution is 0.0963. The summed E-state index contributed by atoms with van der Waals surface area (Å²) in [6, 6.07) is 7.74. The van der Waals surface area contributed by atoms with Gasteiger partial charge in [0, 0.05) is 58.9 Å². The lowest BCUT2D eigenvalue weighted by Gasteiger charge is -2.32. The monoisotopic (exact) mass is 388 g/mol. The second-order valence-electron chi connectivity index (χ2n) is 7.31. The molecule has 0 atom stereocenters. The molecule has 2 rings (SSSR count). The quantitative estimate of drug-likeness (QED) is 0.331. The van der Waals surface area contributed by atoms with E-state index in [1.54, 1.807) is 14.1 Å². The van der Waals surface area contributed by atoms with Gasteiger partial charge < -0.3 is 25.8 Å². The van der Waals surface area contributed by atoms with Crippen LogP contribution in [-0.2, 0) is 6.42 Å². The van der Waals surface area contributed by atoms with Gasteiger partial charge in [0.25, 0.3) is 5.91 Å². The molecule has 0 radical (unpaired) electrons. The van der Waals surface area contributed by atoms with E-state index in [1.807, 2.05) is 24.3 Å². The van der Waals surface area contributed by atoms with Gasteiger partial charge in [-0.15, -0.1) is 0 Å². The number of carbonyl (C=O) groups excluding carboxylic acids is 1. The summed E-state index contributed by atoms with van der Waals surface area (Å²) in [6.45, 7) is 7.63. The van der Waals surface area contributed by atoms with Crippen LogP contribution in [0.25, 0.3) is 0 Å². The lowest BCUT2D eigenvalue weighted by atomic mass is 10.1. The Bertz CT molecular complexity index is 625. The number of nitrogens with zero attached hydrogens (tertiary/aromatic N) is 3. The van der Waals surface area contributed by atoms with Crippen molar-refractivity contribution in [3.8, 4) is 0 Å². The number of rotatable bonds is 9. The third kappa shape index (κ3) is 7.86. The Morgan fingerprint density at radius 3 is 2.57 bits per heavy atom. The van der Waals surface area contributed by atoms with Crippen molar-refractivity contribution in [2.75, 3.05) is 67.0 Å². The molecule has 0 aliphatic carbocycles. The molecule has 1 aliphatic rings. The van der Waals surface area contributed by atoms with Crippen molar-refractivity contribution in [1.82, 2.24) is 25.8 Å². The van der Waals surface area contributed by atoms with Gasteiger partial charge in [-0.05, 0) is 50.6 Å². The number of guanidine groups is 1. The van der Waals surface area contributed by atoms with Gasteiger partial charge in [0.05, 0.1) is 0 Å². The first kappa shape index (κ1) is 22.2. The van der Waals surface area contributed by atoms with Crippen molar-refractivity contribution in [3.05, 3.63) is 35.4 Å². The number of benzene rings is 1. The highest BCUT2D eigenvalue weighted by atomic mass is 16.1. The first-order valence-electron chi connectivity index (χ1n) is 10.3. The van der Waals surface area contributed by atoms with Crippen molar-refractivity contribution >= 4 is 11.9 Å². The Kier molecular flexibility index (Phi) is 9.79. The molecule has 1 aliphatic heterocycles. The molecule has 1 saturated heterocycles. The van der Waals surface area contributed by atoms with E-state index in [0.717, 1.165) is 37.5 Å². The second-order valence-corrected chi connectivity index (χ2v) is 7.31. The number of hydrogen-bond acceptors (Lipinski definition) is 4. The molecule has 1 heterocycles. The molecule has 7 heteroatoms. The Morgan fingerprint density at radius 1 is 1.11 bits per heavy atom. The van der Waals surface area contributed by atoms with E-state index in [2.05, 4.69) is 37.8 Å². The van der Waals surface area contributed by atoms with Gasteiger partial charge in [0.1, 0.15) is 0 Å². The Labute approximate surface area is 169 Å². The number of carbonyl (C=O) groups is 1. The molecule has 1 aromatic rings. The van der Waals surface area contributed by atoms with Crippen molar-refractivity contribution in [1.29, 1.82) is 0 Å². The number of aliphatic imine (C=N–C) groups is 1. The molecular weight excluding hydrogens is 352 g/mol. The minimum Gasteiger partial charge on any atom is -0.356 e. The van der Waals surface area contributed by atoms with Crippen LogP contribution >= 0.6 is 0 Å². The number of unbranched alkanes of at least 4 members (excludes halogenated alkanes) is 1. The molecule has 0 aromatic heterocycles. The predicted molar refractivity (Wildman–Crippen MR) is 116 cm³/mol. The van der Waals surface area contributed by atoms with Crippen LogP contribution < -0.4 is 16.0 Å². The van der Waals surface area contributed by atoms with Crippen molar-refractivity contribution < 1.29 is 4.79 Å². The van der Waals surface area contributed by atoms with E-state index >= 15 is 0 Å². The summed E-state index contributed by atoms with van der Waals surface area (Å²) in [7, 11) is 5.64. The molecular formula is C21H36N6O. The zero-order chi connectivity index (χ0) is 20.2. The molecule has 0 spiro atoms. The number of hydrogen-bond donors (Lipinski definition) is 3. The lowest BCUT2D eigenvalue weighted by Crippen LogP contribution is -2.44. The maximum Gasteiger partial charge on any atom is 0.251 e. The van der Waals surface area contributed by atoms with Gasteiger partial charge in [0.2, 0.25) is 0 Å². The molecule has 7 nitrogen and oxygen atoms in total. The Balaban J connectivity index is 1.59. The fraction of sp³-hybridized carbons (Fsp3) is 0.619. The van der Waals surface area contributed by atoms with Gasteiger partial charge in [-0.1, -0.05) is 12.1 Å². The van der Waals surface area contributed by atoms with Gasteiger partial charge in [-0.3, -0.25) is 9.79 Å². The molecule has 1 aromatic carbocycles. The summed E-state index contributed by atoms with van der Waals surface area (Å²) in [5.74, 6) is 0.783. The smallest absolute Gasteiger partial charge is 0.251 e. The first-order valence-corrected chi connectivity index (χ1v) is 10.3. The van der Waals surface area contributed by atoms with Crippen LogP contribution in [0.4, 0.5) is 0 Å². The van der Waals surface area contributed by atoms with Gasteiger partial charge in [-0.25, -0.2) is 0 Å². The molecule has 0 bridgehead atoms. The van der Waals surface area contributed by atoms with E-state index in [0.29, 0.717) is 5.56 Å². The zero-order valence-electron chi connectivity index (χ0n) is 17.6. The second kappa shape index (κ2) is 12.4. The minimum absolute atomic E-state index is 0.0520. The summed E-state index contributed by atoms with van der Waals surface area (Å²) in [5.41, 5.74) is 1.83. The molecule has 0 unspecified atom stereocenters. The van der Waals surface area contributed by atoms with E-state index in [4.69, 9.17) is 0 Å². The Hall–Kier alpha value is -2.12. The van der Waals surface area contributed by atoms with E-state index in [-0.39, 0.29) is 5.91 Å². The highest BCUT2D eigenvalue weighted by Crippen LogP contribution is 2.06. The molecule has 156 valence electrons. The highest BCUT2D eigenvalue weighted by Gasteiger charge is 2.12. The molecule has 0 saturated carbocycles. The largest absolute Gasteiger partial charge is 0.356 e. The van der Waals surface area contributed by atoms with Crippen LogP contribution in [0.2, 0.25) is 0 Å². The van der Waals surface area contributed by atoms with Crippen LogP contribution in [0.1, 0.15) is 28.8 Å². The number of likely N-dealkylation sites (N-methyl/N-ethyl adjacent to an activating group) is 1.